The predicted octanol–water partition coefficient (Wildman–Crippen LogP) is 2.03. The van der Waals surface area contributed by atoms with Crippen LogP contribution >= 0.6 is 11.6 Å². The average Bonchev–Trinajstić information content (AvgIpc) is 2.38. The second-order valence-corrected chi connectivity index (χ2v) is 5.80. The lowest BCUT2D eigenvalue weighted by Crippen LogP contribution is -2.14. The van der Waals surface area contributed by atoms with E-state index in [4.69, 9.17) is 16.7 Å². The Bertz CT molecular complexity index is 689. The highest BCUT2D eigenvalue weighted by Crippen LogP contribution is 2.22. The summed E-state index contributed by atoms with van der Waals surface area (Å²) in [5, 5.41) is 9.13. The van der Waals surface area contributed by atoms with E-state index >= 15 is 0 Å². The molecule has 0 aliphatic heterocycles. The molecule has 7 heteroatoms. The minimum Gasteiger partial charge on any atom is -0.392 e. The van der Waals surface area contributed by atoms with Gasteiger partial charge in [0.1, 0.15) is 10.7 Å². The summed E-state index contributed by atoms with van der Waals surface area (Å²) in [5.74, 6) is 0.131. The van der Waals surface area contributed by atoms with Crippen molar-refractivity contribution in [3.63, 3.8) is 0 Å². The molecule has 0 radical (unpaired) electrons. The van der Waals surface area contributed by atoms with E-state index in [-0.39, 0.29) is 22.3 Å². The van der Waals surface area contributed by atoms with E-state index in [9.17, 15) is 8.42 Å². The lowest BCUT2D eigenvalue weighted by atomic mass is 10.3. The summed E-state index contributed by atoms with van der Waals surface area (Å²) in [7, 11) is -3.80. The number of aliphatic hydroxyl groups is 1. The van der Waals surface area contributed by atoms with Crippen molar-refractivity contribution in [1.82, 2.24) is 4.98 Å². The largest absolute Gasteiger partial charge is 0.392 e. The van der Waals surface area contributed by atoms with Crippen LogP contribution in [0, 0.1) is 0 Å². The molecular weight excluding hydrogens is 288 g/mol. The number of rotatable bonds is 4. The minimum absolute atomic E-state index is 0.0205. The van der Waals surface area contributed by atoms with Crippen LogP contribution < -0.4 is 4.72 Å². The molecule has 1 aromatic carbocycles. The van der Waals surface area contributed by atoms with E-state index in [1.54, 1.807) is 18.2 Å². The predicted molar refractivity (Wildman–Crippen MR) is 72.4 cm³/mol. The molecule has 2 aromatic rings. The quantitative estimate of drug-likeness (QED) is 0.905. The van der Waals surface area contributed by atoms with E-state index in [0.717, 1.165) is 0 Å². The van der Waals surface area contributed by atoms with E-state index in [1.807, 2.05) is 0 Å². The zero-order chi connectivity index (χ0) is 13.9. The Morgan fingerprint density at radius 2 is 2.00 bits per heavy atom. The number of nitrogens with one attached hydrogen (secondary N) is 1. The summed E-state index contributed by atoms with van der Waals surface area (Å²) < 4.78 is 26.6. The first-order chi connectivity index (χ1) is 9.03. The molecule has 0 aliphatic rings. The van der Waals surface area contributed by atoms with Crippen molar-refractivity contribution < 1.29 is 13.5 Å². The zero-order valence-corrected chi connectivity index (χ0v) is 11.3. The number of sulfonamides is 1. The molecule has 0 aliphatic carbocycles. The standard InChI is InChI=1S/C12H11ClN2O3S/c13-10-3-1-2-4-11(10)19(17,18)15-12-7-9(8-16)5-6-14-12/h1-7,16H,8H2,(H,14,15). The number of aromatic nitrogens is 1. The topological polar surface area (TPSA) is 79.3 Å². The van der Waals surface area contributed by atoms with Crippen LogP contribution in [0.5, 0.6) is 0 Å². The van der Waals surface area contributed by atoms with Crippen LogP contribution in [0.4, 0.5) is 5.82 Å². The molecule has 0 unspecified atom stereocenters. The Morgan fingerprint density at radius 3 is 2.68 bits per heavy atom. The maximum absolute atomic E-state index is 12.1. The second kappa shape index (κ2) is 5.56. The van der Waals surface area contributed by atoms with E-state index in [1.165, 1.54) is 24.4 Å². The van der Waals surface area contributed by atoms with E-state index < -0.39 is 10.0 Å². The zero-order valence-electron chi connectivity index (χ0n) is 9.75. The molecule has 0 saturated heterocycles. The third kappa shape index (κ3) is 3.23. The van der Waals surface area contributed by atoms with Gasteiger partial charge >= 0.3 is 0 Å². The number of pyridine rings is 1. The summed E-state index contributed by atoms with van der Waals surface area (Å²) >= 11 is 5.85. The summed E-state index contributed by atoms with van der Waals surface area (Å²) in [6.45, 7) is -0.191. The summed E-state index contributed by atoms with van der Waals surface area (Å²) in [5.41, 5.74) is 0.562. The van der Waals surface area contributed by atoms with Gasteiger partial charge in [0.2, 0.25) is 0 Å². The van der Waals surface area contributed by atoms with Gasteiger partial charge in [0.15, 0.2) is 0 Å². The van der Waals surface area contributed by atoms with Crippen LogP contribution in [0.1, 0.15) is 5.56 Å². The van der Waals surface area contributed by atoms with Crippen molar-refractivity contribution in [2.45, 2.75) is 11.5 Å². The Kier molecular flexibility index (Phi) is 4.04. The second-order valence-electron chi connectivity index (χ2n) is 3.74. The molecule has 1 heterocycles. The van der Waals surface area contributed by atoms with Crippen LogP contribution in [-0.4, -0.2) is 18.5 Å². The normalized spacial score (nSPS) is 11.3. The SMILES string of the molecule is O=S(=O)(Nc1cc(CO)ccn1)c1ccccc1Cl. The Labute approximate surface area is 115 Å². The highest BCUT2D eigenvalue weighted by Gasteiger charge is 2.17. The fraction of sp³-hybridized carbons (Fsp3) is 0.0833. The van der Waals surface area contributed by atoms with Crippen molar-refractivity contribution >= 4 is 27.4 Å². The van der Waals surface area contributed by atoms with Gasteiger partial charge in [-0.3, -0.25) is 4.72 Å². The van der Waals surface area contributed by atoms with Gasteiger partial charge < -0.3 is 5.11 Å². The first-order valence-corrected chi connectivity index (χ1v) is 7.22. The van der Waals surface area contributed by atoms with Gasteiger partial charge in [-0.15, -0.1) is 0 Å². The third-order valence-electron chi connectivity index (χ3n) is 2.37. The maximum atomic E-state index is 12.1. The molecule has 0 spiro atoms. The average molecular weight is 299 g/mol. The van der Waals surface area contributed by atoms with Gasteiger partial charge in [-0.05, 0) is 29.8 Å². The lowest BCUT2D eigenvalue weighted by molar-refractivity contribution is 0.282. The fourth-order valence-corrected chi connectivity index (χ4v) is 3.00. The summed E-state index contributed by atoms with van der Waals surface area (Å²) in [4.78, 5) is 3.86. The number of benzene rings is 1. The number of aliphatic hydroxyl groups excluding tert-OH is 1. The number of nitrogens with zero attached hydrogens (tertiary/aromatic N) is 1. The van der Waals surface area contributed by atoms with Crippen molar-refractivity contribution in [3.05, 3.63) is 53.2 Å². The van der Waals surface area contributed by atoms with Crippen molar-refractivity contribution in [2.75, 3.05) is 4.72 Å². The molecule has 0 atom stereocenters. The van der Waals surface area contributed by atoms with Crippen LogP contribution in [-0.2, 0) is 16.6 Å². The molecular formula is C12H11ClN2O3S. The van der Waals surface area contributed by atoms with Crippen LogP contribution in [0.25, 0.3) is 0 Å². The highest BCUT2D eigenvalue weighted by atomic mass is 35.5. The molecule has 1 aromatic heterocycles. The van der Waals surface area contributed by atoms with Gasteiger partial charge in [0.05, 0.1) is 11.6 Å². The van der Waals surface area contributed by atoms with Crippen LogP contribution in [0.2, 0.25) is 5.02 Å². The van der Waals surface area contributed by atoms with Gasteiger partial charge in [0, 0.05) is 6.20 Å². The van der Waals surface area contributed by atoms with E-state index in [0.29, 0.717) is 5.56 Å². The van der Waals surface area contributed by atoms with Gasteiger partial charge in [-0.1, -0.05) is 23.7 Å². The number of hydrogen-bond donors (Lipinski definition) is 2. The van der Waals surface area contributed by atoms with E-state index in [2.05, 4.69) is 9.71 Å². The molecule has 0 amide bonds. The molecule has 19 heavy (non-hydrogen) atoms. The van der Waals surface area contributed by atoms with Crippen molar-refractivity contribution in [2.24, 2.45) is 0 Å². The maximum Gasteiger partial charge on any atom is 0.264 e. The molecule has 2 rings (SSSR count). The van der Waals surface area contributed by atoms with Crippen LogP contribution in [0.3, 0.4) is 0 Å². The van der Waals surface area contributed by atoms with Crippen molar-refractivity contribution in [1.29, 1.82) is 0 Å². The number of hydrogen-bond acceptors (Lipinski definition) is 4. The summed E-state index contributed by atoms with van der Waals surface area (Å²) in [6.07, 6.45) is 1.41. The molecule has 100 valence electrons. The monoisotopic (exact) mass is 298 g/mol. The molecule has 0 fully saturated rings. The first kappa shape index (κ1) is 13.8. The fourth-order valence-electron chi connectivity index (χ4n) is 1.48. The minimum atomic E-state index is -3.80. The van der Waals surface area contributed by atoms with Crippen molar-refractivity contribution in [3.8, 4) is 0 Å². The Hall–Kier alpha value is -1.63. The number of anilines is 1. The Balaban J connectivity index is 2.34. The highest BCUT2D eigenvalue weighted by molar-refractivity contribution is 7.92. The number of halogens is 1. The molecule has 2 N–H and O–H groups in total. The lowest BCUT2D eigenvalue weighted by Gasteiger charge is -2.09. The van der Waals surface area contributed by atoms with Gasteiger partial charge in [-0.2, -0.15) is 0 Å². The van der Waals surface area contributed by atoms with Gasteiger partial charge in [0.25, 0.3) is 10.0 Å². The first-order valence-electron chi connectivity index (χ1n) is 5.36. The molecule has 0 saturated carbocycles. The Morgan fingerprint density at radius 1 is 1.26 bits per heavy atom. The van der Waals surface area contributed by atoms with Crippen LogP contribution in [0.15, 0.2) is 47.5 Å². The van der Waals surface area contributed by atoms with Gasteiger partial charge in [-0.25, -0.2) is 13.4 Å². The molecule has 5 nitrogen and oxygen atoms in total. The summed E-state index contributed by atoms with van der Waals surface area (Å²) in [6, 6.07) is 9.17. The molecule has 0 bridgehead atoms. The smallest absolute Gasteiger partial charge is 0.264 e. The third-order valence-corrected chi connectivity index (χ3v) is 4.23.